The zero-order valence-electron chi connectivity index (χ0n) is 16.5. The number of pyridine rings is 1. The van der Waals surface area contributed by atoms with Crippen LogP contribution < -0.4 is 4.74 Å². The Morgan fingerprint density at radius 1 is 1.07 bits per heavy atom. The van der Waals surface area contributed by atoms with Gasteiger partial charge in [0.1, 0.15) is 30.2 Å². The molecule has 7 nitrogen and oxygen atoms in total. The molecule has 1 aliphatic rings. The molecule has 0 spiro atoms. The summed E-state index contributed by atoms with van der Waals surface area (Å²) < 4.78 is 25.1. The van der Waals surface area contributed by atoms with Gasteiger partial charge in [-0.15, -0.1) is 0 Å². The van der Waals surface area contributed by atoms with Crippen molar-refractivity contribution in [2.45, 2.75) is 57.9 Å². The number of hydrogen-bond acceptors (Lipinski definition) is 7. The van der Waals surface area contributed by atoms with Gasteiger partial charge in [0, 0.05) is 18.2 Å². The van der Waals surface area contributed by atoms with Crippen LogP contribution in [0.5, 0.6) is 5.88 Å². The van der Waals surface area contributed by atoms with Crippen molar-refractivity contribution in [1.82, 2.24) is 4.98 Å². The molecule has 2 aromatic rings. The first kappa shape index (κ1) is 21.6. The van der Waals surface area contributed by atoms with Gasteiger partial charge < -0.3 is 29.9 Å². The summed E-state index contributed by atoms with van der Waals surface area (Å²) in [6.45, 7) is 4.91. The van der Waals surface area contributed by atoms with Gasteiger partial charge in [-0.2, -0.15) is 0 Å². The smallest absolute Gasteiger partial charge is 0.231 e. The standard InChI is InChI=1S/C21H26FNO6/c1-10-4-5-13(7-15(10)22)6-14-12(3)11(2)8-23-20(14)29-21-19(27)18(26)17(25)16(9-24)28-21/h4-5,7-8,16-19,21,24-27H,6,9H2,1-3H3/t16-,17-,18+,19-,21+/m1/s1. The molecule has 0 aliphatic carbocycles. The molecule has 0 radical (unpaired) electrons. The highest BCUT2D eigenvalue weighted by Crippen LogP contribution is 2.29. The van der Waals surface area contributed by atoms with E-state index in [1.807, 2.05) is 19.9 Å². The molecule has 4 N–H and O–H groups in total. The zero-order valence-corrected chi connectivity index (χ0v) is 16.5. The van der Waals surface area contributed by atoms with Crippen LogP contribution in [0.1, 0.15) is 27.8 Å². The molecule has 29 heavy (non-hydrogen) atoms. The predicted molar refractivity (Wildman–Crippen MR) is 102 cm³/mol. The van der Waals surface area contributed by atoms with Crippen LogP contribution in [0.15, 0.2) is 24.4 Å². The predicted octanol–water partition coefficient (Wildman–Crippen LogP) is 0.915. The van der Waals surface area contributed by atoms with Crippen LogP contribution >= 0.6 is 0 Å². The Morgan fingerprint density at radius 3 is 2.45 bits per heavy atom. The summed E-state index contributed by atoms with van der Waals surface area (Å²) in [4.78, 5) is 4.28. The van der Waals surface area contributed by atoms with Gasteiger partial charge in [-0.05, 0) is 49.1 Å². The molecule has 0 saturated carbocycles. The summed E-state index contributed by atoms with van der Waals surface area (Å²) in [5.41, 5.74) is 3.76. The number of halogens is 1. The fraction of sp³-hybridized carbons (Fsp3) is 0.476. The summed E-state index contributed by atoms with van der Waals surface area (Å²) in [6, 6.07) is 4.97. The average Bonchev–Trinajstić information content (AvgIpc) is 2.70. The van der Waals surface area contributed by atoms with Gasteiger partial charge in [-0.3, -0.25) is 0 Å². The van der Waals surface area contributed by atoms with E-state index in [0.29, 0.717) is 17.5 Å². The molecule has 158 valence electrons. The number of benzene rings is 1. The molecule has 0 unspecified atom stereocenters. The van der Waals surface area contributed by atoms with Crippen molar-refractivity contribution in [3.05, 3.63) is 58.0 Å². The van der Waals surface area contributed by atoms with Gasteiger partial charge in [0.2, 0.25) is 12.2 Å². The fourth-order valence-corrected chi connectivity index (χ4v) is 3.26. The molecule has 1 aromatic heterocycles. The van der Waals surface area contributed by atoms with E-state index >= 15 is 0 Å². The van der Waals surface area contributed by atoms with Crippen LogP contribution in [0, 0.1) is 26.6 Å². The highest BCUT2D eigenvalue weighted by molar-refractivity contribution is 5.42. The Labute approximate surface area is 168 Å². The number of aliphatic hydroxyl groups is 4. The lowest BCUT2D eigenvalue weighted by atomic mass is 9.98. The fourth-order valence-electron chi connectivity index (χ4n) is 3.26. The van der Waals surface area contributed by atoms with Crippen molar-refractivity contribution < 1.29 is 34.3 Å². The Bertz CT molecular complexity index is 874. The van der Waals surface area contributed by atoms with Gasteiger partial charge in [-0.25, -0.2) is 9.37 Å². The van der Waals surface area contributed by atoms with E-state index < -0.39 is 37.3 Å². The van der Waals surface area contributed by atoms with E-state index in [-0.39, 0.29) is 11.7 Å². The summed E-state index contributed by atoms with van der Waals surface area (Å²) in [5.74, 6) is -0.143. The van der Waals surface area contributed by atoms with Crippen molar-refractivity contribution in [3.63, 3.8) is 0 Å². The quantitative estimate of drug-likeness (QED) is 0.583. The third-order valence-electron chi connectivity index (χ3n) is 5.37. The molecular formula is C21H26FNO6. The normalized spacial score (nSPS) is 27.1. The molecule has 1 saturated heterocycles. The van der Waals surface area contributed by atoms with E-state index in [1.165, 1.54) is 6.07 Å². The Hall–Kier alpha value is -2.10. The van der Waals surface area contributed by atoms with E-state index in [1.54, 1.807) is 19.2 Å². The van der Waals surface area contributed by atoms with Crippen LogP contribution in [0.4, 0.5) is 4.39 Å². The lowest BCUT2D eigenvalue weighted by Crippen LogP contribution is -2.60. The van der Waals surface area contributed by atoms with Crippen molar-refractivity contribution >= 4 is 0 Å². The summed E-state index contributed by atoms with van der Waals surface area (Å²) in [5, 5.41) is 39.5. The number of hydrogen-bond donors (Lipinski definition) is 4. The monoisotopic (exact) mass is 407 g/mol. The van der Waals surface area contributed by atoms with Crippen molar-refractivity contribution in [3.8, 4) is 5.88 Å². The van der Waals surface area contributed by atoms with Gasteiger partial charge in [0.05, 0.1) is 6.61 Å². The first-order valence-corrected chi connectivity index (χ1v) is 9.40. The van der Waals surface area contributed by atoms with E-state index in [2.05, 4.69) is 4.98 Å². The first-order chi connectivity index (χ1) is 13.7. The second-order valence-corrected chi connectivity index (χ2v) is 7.43. The average molecular weight is 407 g/mol. The molecule has 0 amide bonds. The largest absolute Gasteiger partial charge is 0.445 e. The van der Waals surface area contributed by atoms with Crippen molar-refractivity contribution in [1.29, 1.82) is 0 Å². The maximum atomic E-state index is 14.0. The Kier molecular flexibility index (Phi) is 6.50. The third kappa shape index (κ3) is 4.41. The number of aliphatic hydroxyl groups excluding tert-OH is 4. The number of aryl methyl sites for hydroxylation is 2. The van der Waals surface area contributed by atoms with E-state index in [9.17, 15) is 24.8 Å². The molecule has 0 bridgehead atoms. The van der Waals surface area contributed by atoms with Gasteiger partial charge in [-0.1, -0.05) is 12.1 Å². The molecule has 5 atom stereocenters. The van der Waals surface area contributed by atoms with Crippen LogP contribution in [0.25, 0.3) is 0 Å². The molecular weight excluding hydrogens is 381 g/mol. The van der Waals surface area contributed by atoms with Crippen LogP contribution in [-0.4, -0.2) is 62.7 Å². The van der Waals surface area contributed by atoms with Gasteiger partial charge in [0.25, 0.3) is 0 Å². The summed E-state index contributed by atoms with van der Waals surface area (Å²) in [7, 11) is 0. The minimum Gasteiger partial charge on any atom is -0.445 e. The Balaban J connectivity index is 1.91. The molecule has 8 heteroatoms. The molecule has 1 aliphatic heterocycles. The van der Waals surface area contributed by atoms with E-state index in [4.69, 9.17) is 9.47 Å². The minimum absolute atomic E-state index is 0.165. The Morgan fingerprint density at radius 2 is 1.79 bits per heavy atom. The van der Waals surface area contributed by atoms with Crippen molar-refractivity contribution in [2.75, 3.05) is 6.61 Å². The lowest BCUT2D eigenvalue weighted by molar-refractivity contribution is -0.278. The highest BCUT2D eigenvalue weighted by Gasteiger charge is 2.45. The summed E-state index contributed by atoms with van der Waals surface area (Å²) in [6.07, 6.45) is -5.04. The lowest BCUT2D eigenvalue weighted by Gasteiger charge is -2.39. The maximum absolute atomic E-state index is 14.0. The third-order valence-corrected chi connectivity index (χ3v) is 5.37. The second kappa shape index (κ2) is 8.73. The minimum atomic E-state index is -1.55. The highest BCUT2D eigenvalue weighted by atomic mass is 19.1. The molecule has 1 aromatic carbocycles. The van der Waals surface area contributed by atoms with Crippen molar-refractivity contribution in [2.24, 2.45) is 0 Å². The number of rotatable bonds is 5. The van der Waals surface area contributed by atoms with Crippen LogP contribution in [0.3, 0.4) is 0 Å². The first-order valence-electron chi connectivity index (χ1n) is 9.40. The second-order valence-electron chi connectivity index (χ2n) is 7.43. The summed E-state index contributed by atoms with van der Waals surface area (Å²) >= 11 is 0. The maximum Gasteiger partial charge on any atom is 0.231 e. The van der Waals surface area contributed by atoms with Gasteiger partial charge >= 0.3 is 0 Å². The molecule has 2 heterocycles. The zero-order chi connectivity index (χ0) is 21.3. The van der Waals surface area contributed by atoms with E-state index in [0.717, 1.165) is 16.7 Å². The molecule has 1 fully saturated rings. The van der Waals surface area contributed by atoms with Crippen LogP contribution in [-0.2, 0) is 11.2 Å². The number of ether oxygens (including phenoxy) is 2. The topological polar surface area (TPSA) is 112 Å². The van der Waals surface area contributed by atoms with Crippen LogP contribution in [0.2, 0.25) is 0 Å². The van der Waals surface area contributed by atoms with Gasteiger partial charge in [0.15, 0.2) is 0 Å². The molecule has 3 rings (SSSR count). The number of aromatic nitrogens is 1. The SMILES string of the molecule is Cc1ccc(Cc2c(O[C@@H]3O[C@H](CO)[C@@H](O)[C@H](O)[C@H]3O)ncc(C)c2C)cc1F. The number of nitrogens with zero attached hydrogens (tertiary/aromatic N) is 1.